The van der Waals surface area contributed by atoms with Crippen LogP contribution in [-0.2, 0) is 32.9 Å². The van der Waals surface area contributed by atoms with Crippen molar-refractivity contribution in [3.8, 4) is 62.1 Å². The van der Waals surface area contributed by atoms with Crippen molar-refractivity contribution < 1.29 is 46.8 Å². The van der Waals surface area contributed by atoms with E-state index in [4.69, 9.17) is 23.4 Å². The minimum atomic E-state index is -1.82. The maximum Gasteiger partial charge on any atom is 0.267 e. The first-order valence-electron chi connectivity index (χ1n) is 27.0. The fourth-order valence-electron chi connectivity index (χ4n) is 8.24. The summed E-state index contributed by atoms with van der Waals surface area (Å²) in [7, 11) is 0. The molecule has 0 fully saturated rings. The zero-order valence-corrected chi connectivity index (χ0v) is 37.8. The van der Waals surface area contributed by atoms with Crippen LogP contribution in [0, 0.1) is 18.5 Å². The first kappa shape index (κ1) is 30.5. The monoisotopic (exact) mass is 1040 g/mol. The Balaban J connectivity index is 0.00000688. The van der Waals surface area contributed by atoms with Gasteiger partial charge in [-0.2, -0.15) is 18.2 Å². The number of aromatic nitrogens is 4. The van der Waals surface area contributed by atoms with Crippen molar-refractivity contribution in [3.05, 3.63) is 248 Å². The van der Waals surface area contributed by atoms with Gasteiger partial charge in [-0.3, -0.25) is 4.57 Å². The van der Waals surface area contributed by atoms with Gasteiger partial charge >= 0.3 is 0 Å². The molecule has 8 aromatic carbocycles. The van der Waals surface area contributed by atoms with Crippen molar-refractivity contribution in [3.63, 3.8) is 0 Å². The smallest absolute Gasteiger partial charge is 0.267 e. The van der Waals surface area contributed by atoms with Crippen LogP contribution in [0.25, 0.3) is 72.4 Å². The van der Waals surface area contributed by atoms with Crippen molar-refractivity contribution in [1.29, 1.82) is 0 Å². The molecule has 0 amide bonds. The predicted octanol–water partition coefficient (Wildman–Crippen LogP) is 14.0. The SMILES string of the molecule is [2H]c1c([2H])c([2H])c(-c2cccc(-c3c([2H])c([2H])c([2H])c([2H])c3[2H])c2-[n+]2[c-]n(-c3[c-]c(Oc4[c-]c5c(cc4)c4cc(-c6ccccc6)ccc4n5-c4cc(C([2H])([2H])C(C)(C)c5ccccc5)ccn4)ccc3)cc2)c([2H])c1[2H].[Pt]. The van der Waals surface area contributed by atoms with Gasteiger partial charge in [-0.15, -0.1) is 29.7 Å². The number of benzene rings is 8. The molecule has 6 heteroatoms. The van der Waals surface area contributed by atoms with Crippen LogP contribution in [0.15, 0.2) is 219 Å². The maximum absolute atomic E-state index is 9.55. The number of ether oxygens (including phenoxy) is 1. The Hall–Kier alpha value is -7.59. The van der Waals surface area contributed by atoms with Crippen LogP contribution in [0.3, 0.4) is 0 Å². The molecule has 3 heterocycles. The summed E-state index contributed by atoms with van der Waals surface area (Å²) in [6.07, 6.45) is 6.28. The summed E-state index contributed by atoms with van der Waals surface area (Å²) < 4.78 is 117. The minimum Gasteiger partial charge on any atom is -0.510 e. The molecule has 0 radical (unpaired) electrons. The molecule has 0 aliphatic heterocycles. The number of imidazole rings is 1. The topological polar surface area (TPSA) is 35.9 Å². The van der Waals surface area contributed by atoms with Gasteiger partial charge in [0.05, 0.1) is 19.4 Å². The van der Waals surface area contributed by atoms with Crippen LogP contribution in [-0.4, -0.2) is 14.1 Å². The van der Waals surface area contributed by atoms with Gasteiger partial charge in [-0.25, -0.2) is 4.98 Å². The van der Waals surface area contributed by atoms with Gasteiger partial charge in [-0.05, 0) is 85.6 Å². The Kier molecular flexibility index (Phi) is 8.38. The van der Waals surface area contributed by atoms with Gasteiger partial charge in [0.25, 0.3) is 6.33 Å². The summed E-state index contributed by atoms with van der Waals surface area (Å²) in [4.78, 5) is 4.83. The van der Waals surface area contributed by atoms with E-state index < -0.39 is 72.2 Å². The first-order valence-corrected chi connectivity index (χ1v) is 21.0. The van der Waals surface area contributed by atoms with Gasteiger partial charge in [0.15, 0.2) is 0 Å². The normalized spacial score (nSPS) is 14.2. The number of fused-ring (bicyclic) bond motifs is 3. The molecule has 0 unspecified atom stereocenters. The molecule has 0 N–H and O–H groups in total. The third-order valence-electron chi connectivity index (χ3n) is 11.3. The van der Waals surface area contributed by atoms with Crippen LogP contribution in [0.1, 0.15) is 41.4 Å². The number of hydrogen-bond donors (Lipinski definition) is 0. The Morgan fingerprint density at radius 1 is 0.652 bits per heavy atom. The third-order valence-corrected chi connectivity index (χ3v) is 11.3. The zero-order chi connectivity index (χ0) is 54.2. The average Bonchev–Trinajstić information content (AvgIpc) is 4.26. The summed E-state index contributed by atoms with van der Waals surface area (Å²) in [5.41, 5.74) is 4.45. The second-order valence-electron chi connectivity index (χ2n) is 15.9. The van der Waals surface area contributed by atoms with Crippen molar-refractivity contribution in [2.45, 2.75) is 25.6 Å². The average molecular weight is 1040 g/mol. The number of hydrogen-bond acceptors (Lipinski definition) is 2. The minimum absolute atomic E-state index is 0. The van der Waals surface area contributed by atoms with E-state index in [2.05, 4.69) is 42.7 Å². The van der Waals surface area contributed by atoms with Gasteiger partial charge in [-0.1, -0.05) is 171 Å². The first-order chi connectivity index (χ1) is 36.9. The fourth-order valence-corrected chi connectivity index (χ4v) is 8.24. The Morgan fingerprint density at radius 3 is 2.06 bits per heavy atom. The molecule has 0 saturated heterocycles. The summed E-state index contributed by atoms with van der Waals surface area (Å²) in [5.74, 6) is 1.14. The van der Waals surface area contributed by atoms with E-state index in [1.165, 1.54) is 4.57 Å². The molecular weight excluding hydrogens is 988 g/mol. The van der Waals surface area contributed by atoms with E-state index in [1.54, 1.807) is 71.7 Å². The van der Waals surface area contributed by atoms with Crippen LogP contribution in [0.5, 0.6) is 11.5 Å². The van der Waals surface area contributed by atoms with Gasteiger partial charge in [0.1, 0.15) is 5.82 Å². The number of nitrogens with zero attached hydrogens (tertiary/aromatic N) is 4. The Bertz CT molecular complexity index is 4020. The molecular formula is C60H44N4OPt-2. The Morgan fingerprint density at radius 2 is 1.33 bits per heavy atom. The number of rotatable bonds is 11. The standard InChI is InChI=1S/C60H44N4O.Pt/c1-60(2,48-23-13-6-14-24-48)41-43-33-34-61-58(37-43)64-56-32-29-47(44-17-7-3-8-18-44)38-55(56)54-31-30-51(40-57(54)64)65-50-26-15-25-49(39-50)62-35-36-63(42-62)59-52(45-19-9-4-10-20-45)27-16-28-53(59)46-21-11-5-12-22-46;/h3-38H,41H2,1-2H3;/q-2;/i4D,5D,9D,10D,11D,12D,19D,20D,21D,22D,41D2;. The molecule has 322 valence electrons. The number of para-hydroxylation sites is 1. The predicted molar refractivity (Wildman–Crippen MR) is 262 cm³/mol. The second-order valence-corrected chi connectivity index (χ2v) is 15.9. The van der Waals surface area contributed by atoms with E-state index in [9.17, 15) is 2.74 Å². The van der Waals surface area contributed by atoms with Crippen LogP contribution >= 0.6 is 0 Å². The molecule has 0 atom stereocenters. The summed E-state index contributed by atoms with van der Waals surface area (Å²) in [6.45, 7) is 3.81. The molecule has 0 saturated carbocycles. The molecule has 11 aromatic rings. The quantitative estimate of drug-likeness (QED) is 0.0956. The Labute approximate surface area is 417 Å². The molecule has 11 rings (SSSR count). The molecule has 0 spiro atoms. The van der Waals surface area contributed by atoms with Gasteiger partial charge in [0.2, 0.25) is 0 Å². The van der Waals surface area contributed by atoms with E-state index in [0.717, 1.165) is 33.0 Å². The molecule has 66 heavy (non-hydrogen) atoms. The van der Waals surface area contributed by atoms with Crippen molar-refractivity contribution in [2.75, 3.05) is 0 Å². The van der Waals surface area contributed by atoms with E-state index >= 15 is 0 Å². The van der Waals surface area contributed by atoms with E-state index in [0.29, 0.717) is 34.1 Å². The number of pyridine rings is 1. The molecule has 3 aromatic heterocycles. The maximum atomic E-state index is 9.55. The summed E-state index contributed by atoms with van der Waals surface area (Å²) >= 11 is 0. The third kappa shape index (κ3) is 8.30. The second kappa shape index (κ2) is 18.1. The molecule has 0 bridgehead atoms. The van der Waals surface area contributed by atoms with Crippen LogP contribution in [0.2, 0.25) is 0 Å². The van der Waals surface area contributed by atoms with E-state index in [-0.39, 0.29) is 49.0 Å². The molecule has 0 aliphatic carbocycles. The zero-order valence-electron chi connectivity index (χ0n) is 47.5. The molecule has 0 aliphatic rings. The molecule has 5 nitrogen and oxygen atoms in total. The van der Waals surface area contributed by atoms with E-state index in [1.807, 2.05) is 85.1 Å². The summed E-state index contributed by atoms with van der Waals surface area (Å²) in [5, 5.41) is 1.79. The van der Waals surface area contributed by atoms with Crippen molar-refractivity contribution in [1.82, 2.24) is 14.1 Å². The van der Waals surface area contributed by atoms with Crippen molar-refractivity contribution >= 4 is 21.8 Å². The largest absolute Gasteiger partial charge is 0.510 e. The van der Waals surface area contributed by atoms with Crippen LogP contribution in [0.4, 0.5) is 0 Å². The summed E-state index contributed by atoms with van der Waals surface area (Å²) in [6, 6.07) is 44.5. The van der Waals surface area contributed by atoms with Gasteiger partial charge < -0.3 is 13.9 Å². The van der Waals surface area contributed by atoms with Gasteiger partial charge in [0, 0.05) is 59.4 Å². The van der Waals surface area contributed by atoms with Crippen LogP contribution < -0.4 is 9.30 Å². The van der Waals surface area contributed by atoms with Crippen molar-refractivity contribution in [2.24, 2.45) is 0 Å². The fraction of sp³-hybridized carbons (Fsp3) is 0.0667.